The van der Waals surface area contributed by atoms with Gasteiger partial charge in [-0.05, 0) is 25.0 Å². The Balaban J connectivity index is 3.17. The van der Waals surface area contributed by atoms with E-state index in [4.69, 9.17) is 10.5 Å². The Morgan fingerprint density at radius 2 is 1.95 bits per heavy atom. The van der Waals surface area contributed by atoms with Crippen LogP contribution < -0.4 is 15.2 Å². The van der Waals surface area contributed by atoms with E-state index in [0.29, 0.717) is 24.3 Å². The molecule has 114 valence electrons. The van der Waals surface area contributed by atoms with E-state index in [1.165, 1.54) is 25.3 Å². The number of nitrogen functional groups attached to an aromatic ring is 1. The van der Waals surface area contributed by atoms with Gasteiger partial charge >= 0.3 is 0 Å². The molecule has 0 saturated heterocycles. The molecule has 0 spiro atoms. The first-order valence-electron chi connectivity index (χ1n) is 6.42. The normalized spacial score (nSPS) is 12.4. The number of ether oxygens (including phenoxy) is 1. The van der Waals surface area contributed by atoms with Crippen molar-refractivity contribution < 1.29 is 18.3 Å². The molecule has 0 aliphatic rings. The van der Waals surface area contributed by atoms with E-state index in [9.17, 15) is 13.5 Å². The second-order valence-electron chi connectivity index (χ2n) is 4.65. The molecule has 1 rings (SSSR count). The second-order valence-corrected chi connectivity index (χ2v) is 6.34. The van der Waals surface area contributed by atoms with Crippen molar-refractivity contribution in [1.29, 1.82) is 0 Å². The summed E-state index contributed by atoms with van der Waals surface area (Å²) in [5.41, 5.74) is 5.18. The molecule has 0 aliphatic heterocycles. The molecule has 20 heavy (non-hydrogen) atoms. The van der Waals surface area contributed by atoms with Crippen molar-refractivity contribution in [3.8, 4) is 5.75 Å². The van der Waals surface area contributed by atoms with Gasteiger partial charge in [0.05, 0.1) is 29.8 Å². The summed E-state index contributed by atoms with van der Waals surface area (Å²) >= 11 is 0. The molecule has 1 aromatic carbocycles. The highest BCUT2D eigenvalue weighted by molar-refractivity contribution is 7.89. The van der Waals surface area contributed by atoms with E-state index in [0.717, 1.165) is 0 Å². The lowest BCUT2D eigenvalue weighted by atomic mass is 9.96. The quantitative estimate of drug-likeness (QED) is 0.655. The zero-order valence-electron chi connectivity index (χ0n) is 12.0. The molecule has 0 fully saturated rings. The second kappa shape index (κ2) is 6.43. The number of methoxy groups -OCH3 is 1. The van der Waals surface area contributed by atoms with Crippen molar-refractivity contribution >= 4 is 15.7 Å². The van der Waals surface area contributed by atoms with Crippen molar-refractivity contribution in [2.75, 3.05) is 19.5 Å². The number of nitrogens with two attached hydrogens (primary N) is 1. The molecule has 0 aromatic heterocycles. The summed E-state index contributed by atoms with van der Waals surface area (Å²) in [7, 11) is -2.33. The summed E-state index contributed by atoms with van der Waals surface area (Å²) in [5.74, 6) is 0.301. The van der Waals surface area contributed by atoms with E-state index in [-0.39, 0.29) is 11.5 Å². The Morgan fingerprint density at radius 1 is 1.35 bits per heavy atom. The lowest BCUT2D eigenvalue weighted by molar-refractivity contribution is 0.172. The minimum Gasteiger partial charge on any atom is -0.495 e. The van der Waals surface area contributed by atoms with E-state index >= 15 is 0 Å². The van der Waals surface area contributed by atoms with Crippen LogP contribution in [0.1, 0.15) is 26.7 Å². The largest absolute Gasteiger partial charge is 0.495 e. The van der Waals surface area contributed by atoms with Crippen molar-refractivity contribution in [2.45, 2.75) is 37.1 Å². The van der Waals surface area contributed by atoms with Crippen molar-refractivity contribution in [3.05, 3.63) is 18.2 Å². The van der Waals surface area contributed by atoms with E-state index in [1.54, 1.807) is 0 Å². The van der Waals surface area contributed by atoms with Gasteiger partial charge in [-0.3, -0.25) is 0 Å². The lowest BCUT2D eigenvalue weighted by Crippen LogP contribution is -2.50. The highest BCUT2D eigenvalue weighted by Gasteiger charge is 2.31. The van der Waals surface area contributed by atoms with Gasteiger partial charge in [0.1, 0.15) is 5.75 Å². The summed E-state index contributed by atoms with van der Waals surface area (Å²) in [6.45, 7) is 3.39. The third-order valence-electron chi connectivity index (χ3n) is 3.52. The number of rotatable bonds is 7. The topological polar surface area (TPSA) is 102 Å². The fourth-order valence-corrected chi connectivity index (χ4v) is 3.40. The van der Waals surface area contributed by atoms with Crippen LogP contribution in [0.25, 0.3) is 0 Å². The maximum absolute atomic E-state index is 12.4. The summed E-state index contributed by atoms with van der Waals surface area (Å²) in [5, 5.41) is 9.46. The molecule has 0 atom stereocenters. The molecule has 0 bridgehead atoms. The summed E-state index contributed by atoms with van der Waals surface area (Å²) in [4.78, 5) is 0.0586. The highest BCUT2D eigenvalue weighted by Crippen LogP contribution is 2.26. The zero-order valence-corrected chi connectivity index (χ0v) is 12.8. The van der Waals surface area contributed by atoms with Crippen molar-refractivity contribution in [1.82, 2.24) is 4.72 Å². The number of sulfonamides is 1. The van der Waals surface area contributed by atoms with Crippen LogP contribution in [0.3, 0.4) is 0 Å². The molecule has 7 heteroatoms. The maximum atomic E-state index is 12.4. The van der Waals surface area contributed by atoms with Gasteiger partial charge in [0.2, 0.25) is 10.0 Å². The summed E-state index contributed by atoms with van der Waals surface area (Å²) < 4.78 is 32.4. The number of nitrogens with one attached hydrogen (secondary N) is 1. The molecular weight excluding hydrogens is 280 g/mol. The average Bonchev–Trinajstić information content (AvgIpc) is 2.45. The van der Waals surface area contributed by atoms with Gasteiger partial charge in [-0.2, -0.15) is 0 Å². The Kier molecular flexibility index (Phi) is 5.38. The first-order chi connectivity index (χ1) is 9.34. The molecule has 0 radical (unpaired) electrons. The fraction of sp³-hybridized carbons (Fsp3) is 0.538. The number of anilines is 1. The molecule has 0 aliphatic carbocycles. The third kappa shape index (κ3) is 3.41. The van der Waals surface area contributed by atoms with Gasteiger partial charge in [0.25, 0.3) is 0 Å². The summed E-state index contributed by atoms with van der Waals surface area (Å²) in [6, 6.07) is 4.25. The van der Waals surface area contributed by atoms with Crippen LogP contribution in [0.4, 0.5) is 5.69 Å². The van der Waals surface area contributed by atoms with Gasteiger partial charge in [-0.1, -0.05) is 13.8 Å². The third-order valence-corrected chi connectivity index (χ3v) is 5.10. The van der Waals surface area contributed by atoms with Crippen molar-refractivity contribution in [2.24, 2.45) is 0 Å². The van der Waals surface area contributed by atoms with E-state index in [1.807, 2.05) is 13.8 Å². The Labute approximate surface area is 120 Å². The number of aliphatic hydroxyl groups is 1. The lowest BCUT2D eigenvalue weighted by Gasteiger charge is -2.30. The molecule has 4 N–H and O–H groups in total. The smallest absolute Gasteiger partial charge is 0.241 e. The molecule has 0 heterocycles. The van der Waals surface area contributed by atoms with E-state index < -0.39 is 15.6 Å². The van der Waals surface area contributed by atoms with Gasteiger partial charge in [0, 0.05) is 6.07 Å². The Hall–Kier alpha value is -1.31. The number of hydrogen-bond acceptors (Lipinski definition) is 5. The molecule has 0 saturated carbocycles. The minimum atomic E-state index is -3.75. The zero-order chi connectivity index (χ0) is 15.4. The Morgan fingerprint density at radius 3 is 2.40 bits per heavy atom. The van der Waals surface area contributed by atoms with Gasteiger partial charge in [0.15, 0.2) is 0 Å². The summed E-state index contributed by atoms with van der Waals surface area (Å²) in [6.07, 6.45) is 0.983. The van der Waals surface area contributed by atoms with Crippen molar-refractivity contribution in [3.63, 3.8) is 0 Å². The van der Waals surface area contributed by atoms with Crippen LogP contribution in [0, 0.1) is 0 Å². The SMILES string of the molecule is CCC(CC)(CO)NS(=O)(=O)c1ccc(N)c(OC)c1. The van der Waals surface area contributed by atoms with Crippen LogP contribution in [0.5, 0.6) is 5.75 Å². The van der Waals surface area contributed by atoms with Gasteiger partial charge in [-0.25, -0.2) is 13.1 Å². The highest BCUT2D eigenvalue weighted by atomic mass is 32.2. The average molecular weight is 302 g/mol. The predicted molar refractivity (Wildman–Crippen MR) is 78.1 cm³/mol. The molecular formula is C13H22N2O4S. The predicted octanol–water partition coefficient (Wildman–Crippen LogP) is 1.11. The first kappa shape index (κ1) is 16.7. The molecule has 6 nitrogen and oxygen atoms in total. The van der Waals surface area contributed by atoms with Crippen LogP contribution in [0.2, 0.25) is 0 Å². The van der Waals surface area contributed by atoms with Crippen LogP contribution in [-0.4, -0.2) is 32.8 Å². The molecule has 0 amide bonds. The fourth-order valence-electron chi connectivity index (χ4n) is 1.85. The van der Waals surface area contributed by atoms with Crippen LogP contribution in [-0.2, 0) is 10.0 Å². The Bertz CT molecular complexity index is 545. The minimum absolute atomic E-state index is 0.0586. The first-order valence-corrected chi connectivity index (χ1v) is 7.90. The van der Waals surface area contributed by atoms with Crippen LogP contribution in [0.15, 0.2) is 23.1 Å². The monoisotopic (exact) mass is 302 g/mol. The number of hydrogen-bond donors (Lipinski definition) is 3. The van der Waals surface area contributed by atoms with Gasteiger partial charge < -0.3 is 15.6 Å². The standard InChI is InChI=1S/C13H22N2O4S/c1-4-13(5-2,9-16)15-20(17,18)10-6-7-11(14)12(8-10)19-3/h6-8,15-16H,4-5,9,14H2,1-3H3. The maximum Gasteiger partial charge on any atom is 0.241 e. The molecule has 1 aromatic rings. The van der Waals surface area contributed by atoms with Gasteiger partial charge in [-0.15, -0.1) is 0 Å². The van der Waals surface area contributed by atoms with Crippen LogP contribution >= 0.6 is 0 Å². The molecule has 0 unspecified atom stereocenters. The number of benzene rings is 1. The van der Waals surface area contributed by atoms with E-state index in [2.05, 4.69) is 4.72 Å². The number of aliphatic hydroxyl groups excluding tert-OH is 1.